The Labute approximate surface area is 178 Å². The number of ether oxygens (including phenoxy) is 1. The molecule has 0 unspecified atom stereocenters. The average molecular weight is 423 g/mol. The molecule has 6 nitrogen and oxygen atoms in total. The van der Waals surface area contributed by atoms with E-state index in [4.69, 9.17) is 20.8 Å². The average Bonchev–Trinajstić information content (AvgIpc) is 3.22. The lowest BCUT2D eigenvalue weighted by Crippen LogP contribution is -2.34. The minimum atomic E-state index is -0.411. The van der Waals surface area contributed by atoms with Crippen molar-refractivity contribution in [3.63, 3.8) is 0 Å². The fraction of sp³-hybridized carbons (Fsp3) is 0.130. The summed E-state index contributed by atoms with van der Waals surface area (Å²) in [5, 5.41) is 6.20. The van der Waals surface area contributed by atoms with Gasteiger partial charge in [0.2, 0.25) is 0 Å². The molecule has 4 rings (SSSR count). The van der Waals surface area contributed by atoms with Crippen LogP contribution >= 0.6 is 11.6 Å². The number of furan rings is 1. The molecule has 1 aliphatic rings. The number of nitrogens with one attached hydrogen (secondary N) is 2. The number of amides is 2. The van der Waals surface area contributed by atoms with Crippen LogP contribution in [0.4, 0.5) is 5.69 Å². The van der Waals surface area contributed by atoms with Gasteiger partial charge < -0.3 is 19.8 Å². The van der Waals surface area contributed by atoms with Crippen molar-refractivity contribution in [2.75, 3.05) is 5.32 Å². The summed E-state index contributed by atoms with van der Waals surface area (Å²) in [6.45, 7) is 1.90. The summed E-state index contributed by atoms with van der Waals surface area (Å²) in [4.78, 5) is 25.0. The molecule has 2 aromatic carbocycles. The lowest BCUT2D eigenvalue weighted by atomic mass is 10.1. The lowest BCUT2D eigenvalue weighted by Gasteiger charge is -2.21. The fourth-order valence-electron chi connectivity index (χ4n) is 3.12. The highest BCUT2D eigenvalue weighted by molar-refractivity contribution is 6.32. The van der Waals surface area contributed by atoms with Crippen LogP contribution in [0.25, 0.3) is 6.08 Å². The van der Waals surface area contributed by atoms with E-state index in [2.05, 4.69) is 10.6 Å². The summed E-state index contributed by atoms with van der Waals surface area (Å²) < 4.78 is 11.0. The standard InChI is InChI=1S/C23H19ClN2O4/c1-14(11-17-6-4-10-29-17)25-22(27)16-8-9-20-19(12-16)26-23(28)21(30-20)13-15-5-2-3-7-18(15)24/h2-10,12-14H,11H2,1H3,(H,25,27)(H,26,28)/b21-13-/t14-/m0/s1. The molecule has 3 aromatic rings. The van der Waals surface area contributed by atoms with Crippen molar-refractivity contribution in [3.8, 4) is 5.75 Å². The number of halogens is 1. The van der Waals surface area contributed by atoms with Crippen molar-refractivity contribution in [2.45, 2.75) is 19.4 Å². The molecule has 2 amide bonds. The molecule has 1 atom stereocenters. The van der Waals surface area contributed by atoms with Crippen molar-refractivity contribution in [1.29, 1.82) is 0 Å². The molecule has 30 heavy (non-hydrogen) atoms. The van der Waals surface area contributed by atoms with Gasteiger partial charge in [-0.25, -0.2) is 0 Å². The summed E-state index contributed by atoms with van der Waals surface area (Å²) in [5.74, 6) is 0.717. The molecule has 2 heterocycles. The Morgan fingerprint density at radius 3 is 2.80 bits per heavy atom. The fourth-order valence-corrected chi connectivity index (χ4v) is 3.31. The van der Waals surface area contributed by atoms with Crippen LogP contribution in [0.1, 0.15) is 28.6 Å². The summed E-state index contributed by atoms with van der Waals surface area (Å²) in [6.07, 6.45) is 3.77. The Bertz CT molecular complexity index is 1120. The first-order valence-corrected chi connectivity index (χ1v) is 9.80. The maximum atomic E-state index is 12.6. The van der Waals surface area contributed by atoms with Crippen molar-refractivity contribution in [2.24, 2.45) is 0 Å². The number of anilines is 1. The van der Waals surface area contributed by atoms with Gasteiger partial charge in [0.25, 0.3) is 11.8 Å². The molecule has 0 aliphatic carbocycles. The highest BCUT2D eigenvalue weighted by Gasteiger charge is 2.24. The zero-order valence-corrected chi connectivity index (χ0v) is 16.9. The second-order valence-electron chi connectivity index (χ2n) is 6.96. The molecule has 0 radical (unpaired) electrons. The molecule has 2 N–H and O–H groups in total. The van der Waals surface area contributed by atoms with Crippen molar-refractivity contribution in [1.82, 2.24) is 5.32 Å². The number of hydrogen-bond acceptors (Lipinski definition) is 4. The minimum absolute atomic E-state index is 0.115. The quantitative estimate of drug-likeness (QED) is 0.586. The number of rotatable bonds is 5. The first-order valence-electron chi connectivity index (χ1n) is 9.42. The summed E-state index contributed by atoms with van der Waals surface area (Å²) in [5.41, 5.74) is 1.53. The third-order valence-corrected chi connectivity index (χ3v) is 4.93. The molecule has 7 heteroatoms. The van der Waals surface area contributed by atoms with Crippen LogP contribution < -0.4 is 15.4 Å². The summed E-state index contributed by atoms with van der Waals surface area (Å²) in [6, 6.07) is 15.6. The topological polar surface area (TPSA) is 80.6 Å². The van der Waals surface area contributed by atoms with E-state index in [1.807, 2.05) is 31.2 Å². The van der Waals surface area contributed by atoms with Gasteiger partial charge in [-0.2, -0.15) is 0 Å². The van der Waals surface area contributed by atoms with Gasteiger partial charge in [0.15, 0.2) is 11.5 Å². The number of benzene rings is 2. The Kier molecular flexibility index (Phi) is 5.59. The smallest absolute Gasteiger partial charge is 0.291 e. The zero-order valence-electron chi connectivity index (χ0n) is 16.1. The molecule has 0 saturated carbocycles. The van der Waals surface area contributed by atoms with Crippen molar-refractivity contribution in [3.05, 3.63) is 88.5 Å². The number of hydrogen-bond donors (Lipinski definition) is 2. The van der Waals surface area contributed by atoms with Crippen LogP contribution in [0, 0.1) is 0 Å². The Hall–Kier alpha value is -3.51. The zero-order chi connectivity index (χ0) is 21.1. The number of carbonyl (C=O) groups excluding carboxylic acids is 2. The van der Waals surface area contributed by atoms with E-state index in [-0.39, 0.29) is 17.7 Å². The Morgan fingerprint density at radius 1 is 1.20 bits per heavy atom. The number of carbonyl (C=O) groups is 2. The van der Waals surface area contributed by atoms with Crippen LogP contribution in [0.15, 0.2) is 71.0 Å². The molecule has 0 spiro atoms. The van der Waals surface area contributed by atoms with Crippen LogP contribution in [0.5, 0.6) is 5.75 Å². The molecular weight excluding hydrogens is 404 g/mol. The van der Waals surface area contributed by atoms with Crippen LogP contribution in [-0.4, -0.2) is 17.9 Å². The minimum Gasteiger partial charge on any atom is -0.469 e. The Morgan fingerprint density at radius 2 is 2.03 bits per heavy atom. The first kappa shape index (κ1) is 19.8. The third kappa shape index (κ3) is 4.39. The molecule has 0 saturated heterocycles. The highest BCUT2D eigenvalue weighted by atomic mass is 35.5. The molecule has 1 aromatic heterocycles. The Balaban J connectivity index is 1.48. The first-order chi connectivity index (χ1) is 14.5. The van der Waals surface area contributed by atoms with Gasteiger partial charge in [0.05, 0.1) is 12.0 Å². The largest absolute Gasteiger partial charge is 0.469 e. The van der Waals surface area contributed by atoms with Gasteiger partial charge in [-0.3, -0.25) is 9.59 Å². The van der Waals surface area contributed by atoms with Crippen LogP contribution in [-0.2, 0) is 11.2 Å². The predicted octanol–water partition coefficient (Wildman–Crippen LogP) is 4.67. The van der Waals surface area contributed by atoms with E-state index in [0.717, 1.165) is 5.76 Å². The lowest BCUT2D eigenvalue weighted by molar-refractivity contribution is -0.115. The van der Waals surface area contributed by atoms with Gasteiger partial charge in [-0.1, -0.05) is 29.8 Å². The van der Waals surface area contributed by atoms with Crippen molar-refractivity contribution < 1.29 is 18.7 Å². The van der Waals surface area contributed by atoms with Crippen LogP contribution in [0.3, 0.4) is 0 Å². The monoisotopic (exact) mass is 422 g/mol. The van der Waals surface area contributed by atoms with Crippen LogP contribution in [0.2, 0.25) is 5.02 Å². The van der Waals surface area contributed by atoms with E-state index in [0.29, 0.717) is 34.0 Å². The van der Waals surface area contributed by atoms with Gasteiger partial charge >= 0.3 is 0 Å². The second-order valence-corrected chi connectivity index (χ2v) is 7.36. The van der Waals surface area contributed by atoms with E-state index >= 15 is 0 Å². The highest BCUT2D eigenvalue weighted by Crippen LogP contribution is 2.33. The van der Waals surface area contributed by atoms with Gasteiger partial charge in [-0.05, 0) is 55.0 Å². The molecular formula is C23H19ClN2O4. The maximum absolute atomic E-state index is 12.6. The molecule has 1 aliphatic heterocycles. The van der Waals surface area contributed by atoms with Gasteiger partial charge in [-0.15, -0.1) is 0 Å². The third-order valence-electron chi connectivity index (χ3n) is 4.59. The van der Waals surface area contributed by atoms with Gasteiger partial charge in [0.1, 0.15) is 5.76 Å². The molecule has 152 valence electrons. The molecule has 0 fully saturated rings. The maximum Gasteiger partial charge on any atom is 0.291 e. The van der Waals surface area contributed by atoms with E-state index in [1.54, 1.807) is 42.7 Å². The molecule has 0 bridgehead atoms. The van der Waals surface area contributed by atoms with Gasteiger partial charge in [0, 0.05) is 23.0 Å². The number of fused-ring (bicyclic) bond motifs is 1. The summed E-state index contributed by atoms with van der Waals surface area (Å²) in [7, 11) is 0. The van der Waals surface area contributed by atoms with E-state index < -0.39 is 5.91 Å². The van der Waals surface area contributed by atoms with E-state index in [9.17, 15) is 9.59 Å². The SMILES string of the molecule is C[C@@H](Cc1ccco1)NC(=O)c1ccc2c(c1)NC(=O)/C(=C/c1ccccc1Cl)O2. The second kappa shape index (κ2) is 8.47. The normalized spacial score (nSPS) is 15.1. The predicted molar refractivity (Wildman–Crippen MR) is 114 cm³/mol. The summed E-state index contributed by atoms with van der Waals surface area (Å²) >= 11 is 6.15. The van der Waals surface area contributed by atoms with Crippen molar-refractivity contribution >= 4 is 35.2 Å². The van der Waals surface area contributed by atoms with E-state index in [1.165, 1.54) is 0 Å².